The van der Waals surface area contributed by atoms with Crippen LogP contribution in [-0.2, 0) is 0 Å². The Morgan fingerprint density at radius 1 is 1.39 bits per heavy atom. The fourth-order valence-corrected chi connectivity index (χ4v) is 2.06. The van der Waals surface area contributed by atoms with Crippen molar-refractivity contribution in [2.24, 2.45) is 5.41 Å². The van der Waals surface area contributed by atoms with E-state index in [4.69, 9.17) is 0 Å². The van der Waals surface area contributed by atoms with Gasteiger partial charge in [0.1, 0.15) is 5.82 Å². The standard InChI is InChI=1S/C13H20N4O/c1-3-14-12(18)10-5-6-11(17-16-10)15-9-13(2)7-4-8-13/h5-6H,3-4,7-9H2,1-2H3,(H,14,18)(H,15,17). The Morgan fingerprint density at radius 2 is 2.17 bits per heavy atom. The van der Waals surface area contributed by atoms with E-state index >= 15 is 0 Å². The van der Waals surface area contributed by atoms with Crippen molar-refractivity contribution < 1.29 is 4.79 Å². The van der Waals surface area contributed by atoms with Gasteiger partial charge in [0.25, 0.3) is 5.91 Å². The topological polar surface area (TPSA) is 66.9 Å². The molecule has 0 aromatic carbocycles. The fourth-order valence-electron chi connectivity index (χ4n) is 2.06. The van der Waals surface area contributed by atoms with Crippen LogP contribution in [0, 0.1) is 5.41 Å². The summed E-state index contributed by atoms with van der Waals surface area (Å²) in [5, 5.41) is 13.9. The number of rotatable bonds is 5. The fraction of sp³-hybridized carbons (Fsp3) is 0.615. The third-order valence-corrected chi connectivity index (χ3v) is 3.49. The summed E-state index contributed by atoms with van der Waals surface area (Å²) in [5.74, 6) is 0.554. The first-order chi connectivity index (χ1) is 8.63. The highest BCUT2D eigenvalue weighted by molar-refractivity contribution is 5.92. The summed E-state index contributed by atoms with van der Waals surface area (Å²) < 4.78 is 0. The highest BCUT2D eigenvalue weighted by Crippen LogP contribution is 2.39. The lowest BCUT2D eigenvalue weighted by molar-refractivity contribution is 0.0950. The number of hydrogen-bond donors (Lipinski definition) is 2. The highest BCUT2D eigenvalue weighted by atomic mass is 16.1. The van der Waals surface area contributed by atoms with Crippen LogP contribution in [0.3, 0.4) is 0 Å². The van der Waals surface area contributed by atoms with Crippen molar-refractivity contribution >= 4 is 11.7 Å². The minimum atomic E-state index is -0.178. The molecule has 5 nitrogen and oxygen atoms in total. The van der Waals surface area contributed by atoms with Gasteiger partial charge in [0.2, 0.25) is 0 Å². The molecule has 98 valence electrons. The summed E-state index contributed by atoms with van der Waals surface area (Å²) in [4.78, 5) is 11.5. The molecule has 18 heavy (non-hydrogen) atoms. The number of anilines is 1. The zero-order chi connectivity index (χ0) is 13.0. The van der Waals surface area contributed by atoms with E-state index in [0.717, 1.165) is 12.4 Å². The molecule has 1 aliphatic rings. The van der Waals surface area contributed by atoms with Crippen LogP contribution in [-0.4, -0.2) is 29.2 Å². The number of carbonyl (C=O) groups excluding carboxylic acids is 1. The lowest BCUT2D eigenvalue weighted by Crippen LogP contribution is -2.33. The summed E-state index contributed by atoms with van der Waals surface area (Å²) in [6.07, 6.45) is 3.86. The first-order valence-electron chi connectivity index (χ1n) is 6.49. The van der Waals surface area contributed by atoms with Crippen molar-refractivity contribution in [2.75, 3.05) is 18.4 Å². The Hall–Kier alpha value is -1.65. The Bertz CT molecular complexity index is 412. The molecule has 1 aliphatic carbocycles. The third kappa shape index (κ3) is 2.97. The van der Waals surface area contributed by atoms with E-state index in [1.54, 1.807) is 12.1 Å². The van der Waals surface area contributed by atoms with Crippen LogP contribution < -0.4 is 10.6 Å². The first kappa shape index (κ1) is 12.8. The van der Waals surface area contributed by atoms with E-state index in [0.29, 0.717) is 17.7 Å². The Kier molecular flexibility index (Phi) is 3.79. The van der Waals surface area contributed by atoms with Crippen LogP contribution in [0.2, 0.25) is 0 Å². The largest absolute Gasteiger partial charge is 0.368 e. The van der Waals surface area contributed by atoms with Crippen LogP contribution in [0.1, 0.15) is 43.6 Å². The van der Waals surface area contributed by atoms with Crippen molar-refractivity contribution in [3.05, 3.63) is 17.8 Å². The molecule has 2 N–H and O–H groups in total. The van der Waals surface area contributed by atoms with Gasteiger partial charge in [-0.25, -0.2) is 0 Å². The Labute approximate surface area is 107 Å². The maximum Gasteiger partial charge on any atom is 0.271 e. The van der Waals surface area contributed by atoms with E-state index in [9.17, 15) is 4.79 Å². The van der Waals surface area contributed by atoms with Gasteiger partial charge in [-0.15, -0.1) is 10.2 Å². The van der Waals surface area contributed by atoms with Gasteiger partial charge >= 0.3 is 0 Å². The number of aromatic nitrogens is 2. The number of amides is 1. The van der Waals surface area contributed by atoms with Crippen molar-refractivity contribution in [1.82, 2.24) is 15.5 Å². The normalized spacial score (nSPS) is 16.8. The summed E-state index contributed by atoms with van der Waals surface area (Å²) in [7, 11) is 0. The molecule has 1 amide bonds. The molecule has 0 atom stereocenters. The SMILES string of the molecule is CCNC(=O)c1ccc(NCC2(C)CCC2)nn1. The van der Waals surface area contributed by atoms with E-state index in [-0.39, 0.29) is 5.91 Å². The molecular formula is C13H20N4O. The molecule has 2 rings (SSSR count). The van der Waals surface area contributed by atoms with Crippen LogP contribution in [0.5, 0.6) is 0 Å². The Balaban J connectivity index is 1.89. The molecule has 0 saturated heterocycles. The van der Waals surface area contributed by atoms with Crippen molar-refractivity contribution in [3.63, 3.8) is 0 Å². The average Bonchev–Trinajstić information content (AvgIpc) is 2.35. The van der Waals surface area contributed by atoms with Gasteiger partial charge in [-0.05, 0) is 37.3 Å². The van der Waals surface area contributed by atoms with Crippen molar-refractivity contribution in [1.29, 1.82) is 0 Å². The van der Waals surface area contributed by atoms with Crippen molar-refractivity contribution in [3.8, 4) is 0 Å². The quantitative estimate of drug-likeness (QED) is 0.834. The number of carbonyl (C=O) groups is 1. The number of nitrogens with zero attached hydrogens (tertiary/aromatic N) is 2. The summed E-state index contributed by atoms with van der Waals surface area (Å²) in [6, 6.07) is 3.50. The predicted octanol–water partition coefficient (Wildman–Crippen LogP) is 1.83. The van der Waals surface area contributed by atoms with Gasteiger partial charge in [0.15, 0.2) is 5.69 Å². The second-order valence-corrected chi connectivity index (χ2v) is 5.18. The lowest BCUT2D eigenvalue weighted by atomic mass is 9.70. The zero-order valence-electron chi connectivity index (χ0n) is 11.0. The number of nitrogens with one attached hydrogen (secondary N) is 2. The molecule has 0 unspecified atom stereocenters. The second-order valence-electron chi connectivity index (χ2n) is 5.18. The molecule has 1 heterocycles. The molecule has 0 bridgehead atoms. The molecule has 0 radical (unpaired) electrons. The lowest BCUT2D eigenvalue weighted by Gasteiger charge is -2.38. The van der Waals surface area contributed by atoms with E-state index in [1.807, 2.05) is 6.92 Å². The summed E-state index contributed by atoms with van der Waals surface area (Å²) >= 11 is 0. The molecular weight excluding hydrogens is 228 g/mol. The molecule has 0 spiro atoms. The van der Waals surface area contributed by atoms with Gasteiger partial charge in [0, 0.05) is 13.1 Å². The van der Waals surface area contributed by atoms with E-state index in [1.165, 1.54) is 19.3 Å². The van der Waals surface area contributed by atoms with Crippen LogP contribution >= 0.6 is 0 Å². The van der Waals surface area contributed by atoms with Gasteiger partial charge in [-0.1, -0.05) is 13.3 Å². The van der Waals surface area contributed by atoms with Gasteiger partial charge in [0.05, 0.1) is 0 Å². The maximum atomic E-state index is 11.5. The smallest absolute Gasteiger partial charge is 0.271 e. The monoisotopic (exact) mass is 248 g/mol. The molecule has 1 fully saturated rings. The van der Waals surface area contributed by atoms with Crippen LogP contribution in [0.25, 0.3) is 0 Å². The van der Waals surface area contributed by atoms with E-state index in [2.05, 4.69) is 27.8 Å². The summed E-state index contributed by atoms with van der Waals surface area (Å²) in [5.41, 5.74) is 0.761. The summed E-state index contributed by atoms with van der Waals surface area (Å²) in [6.45, 7) is 5.67. The highest BCUT2D eigenvalue weighted by Gasteiger charge is 2.31. The van der Waals surface area contributed by atoms with Crippen molar-refractivity contribution in [2.45, 2.75) is 33.1 Å². The molecule has 1 saturated carbocycles. The van der Waals surface area contributed by atoms with Gasteiger partial charge in [-0.3, -0.25) is 4.79 Å². The Morgan fingerprint density at radius 3 is 2.67 bits per heavy atom. The molecule has 1 aromatic heterocycles. The zero-order valence-corrected chi connectivity index (χ0v) is 11.0. The third-order valence-electron chi connectivity index (χ3n) is 3.49. The van der Waals surface area contributed by atoms with Gasteiger partial charge < -0.3 is 10.6 Å². The predicted molar refractivity (Wildman–Crippen MR) is 70.5 cm³/mol. The molecule has 1 aromatic rings. The van der Waals surface area contributed by atoms with Gasteiger partial charge in [-0.2, -0.15) is 0 Å². The van der Waals surface area contributed by atoms with Crippen LogP contribution in [0.15, 0.2) is 12.1 Å². The first-order valence-corrected chi connectivity index (χ1v) is 6.49. The maximum absolute atomic E-state index is 11.5. The van der Waals surface area contributed by atoms with Crippen LogP contribution in [0.4, 0.5) is 5.82 Å². The molecule has 5 heteroatoms. The molecule has 0 aliphatic heterocycles. The minimum absolute atomic E-state index is 0.178. The van der Waals surface area contributed by atoms with E-state index < -0.39 is 0 Å². The average molecular weight is 248 g/mol. The minimum Gasteiger partial charge on any atom is -0.368 e. The second kappa shape index (κ2) is 5.33. The number of hydrogen-bond acceptors (Lipinski definition) is 4.